The molecule has 1 fully saturated rings. The molecule has 0 bridgehead atoms. The largest absolute Gasteiger partial charge is 0.497 e. The first-order chi connectivity index (χ1) is 17.5. The van der Waals surface area contributed by atoms with Crippen LogP contribution in [-0.4, -0.2) is 38.9 Å². The highest BCUT2D eigenvalue weighted by Crippen LogP contribution is 2.39. The van der Waals surface area contributed by atoms with Crippen LogP contribution in [0.5, 0.6) is 5.75 Å². The molecule has 1 aliphatic rings. The molecule has 2 heterocycles. The maximum atomic E-state index is 14.2. The standard InChI is InChI=1S/C30H40N2O3S2/c1-19(2)23-16-26(20(3)4)29(27(17-23)21(5)6)37(33,34)25-12-14-32(15-13-25)30-31-28(18-36-30)22-8-10-24(35-7)11-9-22/h8-11,16-21,25H,12-15H2,1-7H3. The average molecular weight is 541 g/mol. The number of nitrogens with zero attached hydrogens (tertiary/aromatic N) is 2. The molecule has 2 aromatic carbocycles. The predicted octanol–water partition coefficient (Wildman–Crippen LogP) is 7.63. The summed E-state index contributed by atoms with van der Waals surface area (Å²) in [5, 5.41) is 2.65. The lowest BCUT2D eigenvalue weighted by Crippen LogP contribution is -2.39. The molecular formula is C30H40N2O3S2. The van der Waals surface area contributed by atoms with Crippen molar-refractivity contribution in [1.82, 2.24) is 4.98 Å². The van der Waals surface area contributed by atoms with E-state index in [0.717, 1.165) is 33.3 Å². The Morgan fingerprint density at radius 1 is 0.919 bits per heavy atom. The van der Waals surface area contributed by atoms with E-state index in [9.17, 15) is 8.42 Å². The van der Waals surface area contributed by atoms with Gasteiger partial charge >= 0.3 is 0 Å². The molecule has 7 heteroatoms. The number of anilines is 1. The highest BCUT2D eigenvalue weighted by atomic mass is 32.2. The molecule has 1 saturated heterocycles. The lowest BCUT2D eigenvalue weighted by atomic mass is 9.89. The number of hydrogen-bond acceptors (Lipinski definition) is 6. The molecule has 0 N–H and O–H groups in total. The number of benzene rings is 2. The summed E-state index contributed by atoms with van der Waals surface area (Å²) < 4.78 is 33.6. The van der Waals surface area contributed by atoms with Crippen molar-refractivity contribution >= 4 is 26.3 Å². The molecule has 0 radical (unpaired) electrons. The van der Waals surface area contributed by atoms with Gasteiger partial charge in [-0.3, -0.25) is 0 Å². The summed E-state index contributed by atoms with van der Waals surface area (Å²) in [6.07, 6.45) is 1.22. The zero-order valence-electron chi connectivity index (χ0n) is 23.1. The summed E-state index contributed by atoms with van der Waals surface area (Å²) in [7, 11) is -1.80. The second-order valence-electron chi connectivity index (χ2n) is 11.0. The Bertz CT molecular complexity index is 1290. The van der Waals surface area contributed by atoms with E-state index in [1.165, 1.54) is 5.56 Å². The molecular weight excluding hydrogens is 500 g/mol. The Labute approximate surface area is 226 Å². The first-order valence-electron chi connectivity index (χ1n) is 13.3. The Hall–Kier alpha value is -2.38. The average Bonchev–Trinajstić information content (AvgIpc) is 3.38. The van der Waals surface area contributed by atoms with Crippen LogP contribution in [0.4, 0.5) is 5.13 Å². The summed E-state index contributed by atoms with van der Waals surface area (Å²) in [5.41, 5.74) is 5.15. The lowest BCUT2D eigenvalue weighted by molar-refractivity contribution is 0.415. The SMILES string of the molecule is COc1ccc(-c2csc(N3CCC(S(=O)(=O)c4c(C(C)C)cc(C(C)C)cc4C(C)C)CC3)n2)cc1. The van der Waals surface area contributed by atoms with Gasteiger partial charge in [0.25, 0.3) is 0 Å². The maximum Gasteiger partial charge on any atom is 0.185 e. The third-order valence-corrected chi connectivity index (χ3v) is 10.7. The van der Waals surface area contributed by atoms with Crippen molar-refractivity contribution in [1.29, 1.82) is 0 Å². The van der Waals surface area contributed by atoms with E-state index < -0.39 is 9.84 Å². The summed E-state index contributed by atoms with van der Waals surface area (Å²) >= 11 is 1.62. The minimum absolute atomic E-state index is 0.146. The van der Waals surface area contributed by atoms with Gasteiger partial charge in [0.2, 0.25) is 0 Å². The van der Waals surface area contributed by atoms with Crippen LogP contribution in [0.1, 0.15) is 88.8 Å². The second-order valence-corrected chi connectivity index (χ2v) is 14.0. The number of methoxy groups -OCH3 is 1. The fourth-order valence-corrected chi connectivity index (χ4v) is 8.35. The normalized spacial score (nSPS) is 15.2. The molecule has 0 saturated carbocycles. The maximum absolute atomic E-state index is 14.2. The van der Waals surface area contributed by atoms with Gasteiger partial charge in [-0.15, -0.1) is 11.3 Å². The van der Waals surface area contributed by atoms with E-state index in [2.05, 4.69) is 64.0 Å². The van der Waals surface area contributed by atoms with Crippen molar-refractivity contribution in [2.24, 2.45) is 0 Å². The lowest BCUT2D eigenvalue weighted by Gasteiger charge is -2.33. The minimum atomic E-state index is -3.46. The highest BCUT2D eigenvalue weighted by Gasteiger charge is 2.36. The van der Waals surface area contributed by atoms with Gasteiger partial charge in [0.05, 0.1) is 22.9 Å². The monoisotopic (exact) mass is 540 g/mol. The van der Waals surface area contributed by atoms with Crippen LogP contribution in [0.25, 0.3) is 11.3 Å². The summed E-state index contributed by atoms with van der Waals surface area (Å²) in [5.74, 6) is 1.47. The molecule has 5 nitrogen and oxygen atoms in total. The zero-order chi connectivity index (χ0) is 26.9. The summed E-state index contributed by atoms with van der Waals surface area (Å²) in [6, 6.07) is 12.2. The fraction of sp³-hybridized carbons (Fsp3) is 0.500. The van der Waals surface area contributed by atoms with Crippen LogP contribution in [0.15, 0.2) is 46.7 Å². The predicted molar refractivity (Wildman–Crippen MR) is 155 cm³/mol. The highest BCUT2D eigenvalue weighted by molar-refractivity contribution is 7.92. The third kappa shape index (κ3) is 5.73. The topological polar surface area (TPSA) is 59.5 Å². The van der Waals surface area contributed by atoms with Gasteiger partial charge in [-0.2, -0.15) is 0 Å². The van der Waals surface area contributed by atoms with E-state index in [1.807, 2.05) is 24.3 Å². The molecule has 4 rings (SSSR count). The van der Waals surface area contributed by atoms with Gasteiger partial charge in [0.15, 0.2) is 15.0 Å². The number of rotatable bonds is 8. The van der Waals surface area contributed by atoms with Crippen molar-refractivity contribution in [3.63, 3.8) is 0 Å². The summed E-state index contributed by atoms with van der Waals surface area (Å²) in [6.45, 7) is 14.2. The van der Waals surface area contributed by atoms with Crippen LogP contribution in [0.2, 0.25) is 0 Å². The van der Waals surface area contributed by atoms with Crippen LogP contribution < -0.4 is 9.64 Å². The molecule has 37 heavy (non-hydrogen) atoms. The first-order valence-corrected chi connectivity index (χ1v) is 15.7. The van der Waals surface area contributed by atoms with Gasteiger partial charge in [0.1, 0.15) is 5.75 Å². The van der Waals surface area contributed by atoms with Crippen molar-refractivity contribution in [3.8, 4) is 17.0 Å². The second kappa shape index (κ2) is 11.2. The third-order valence-electron chi connectivity index (χ3n) is 7.39. The molecule has 0 aliphatic carbocycles. The van der Waals surface area contributed by atoms with E-state index >= 15 is 0 Å². The molecule has 1 aliphatic heterocycles. The molecule has 0 unspecified atom stereocenters. The number of aromatic nitrogens is 1. The van der Waals surface area contributed by atoms with Crippen molar-refractivity contribution in [3.05, 3.63) is 58.5 Å². The molecule has 200 valence electrons. The molecule has 3 aromatic rings. The molecule has 0 atom stereocenters. The van der Waals surface area contributed by atoms with E-state index in [-0.39, 0.29) is 17.1 Å². The van der Waals surface area contributed by atoms with Crippen LogP contribution in [-0.2, 0) is 9.84 Å². The van der Waals surface area contributed by atoms with Gasteiger partial charge < -0.3 is 9.64 Å². The van der Waals surface area contributed by atoms with Gasteiger partial charge in [-0.25, -0.2) is 13.4 Å². The van der Waals surface area contributed by atoms with Gasteiger partial charge in [-0.05, 0) is 71.6 Å². The number of thiazole rings is 1. The van der Waals surface area contributed by atoms with Crippen LogP contribution in [0.3, 0.4) is 0 Å². The van der Waals surface area contributed by atoms with Gasteiger partial charge in [0, 0.05) is 24.0 Å². The van der Waals surface area contributed by atoms with E-state index in [0.29, 0.717) is 36.7 Å². The number of sulfone groups is 1. The Morgan fingerprint density at radius 2 is 1.49 bits per heavy atom. The van der Waals surface area contributed by atoms with Crippen LogP contribution >= 0.6 is 11.3 Å². The number of ether oxygens (including phenoxy) is 1. The first kappa shape index (κ1) is 27.6. The van der Waals surface area contributed by atoms with Crippen LogP contribution in [0, 0.1) is 0 Å². The van der Waals surface area contributed by atoms with E-state index in [1.54, 1.807) is 18.4 Å². The molecule has 1 aromatic heterocycles. The van der Waals surface area contributed by atoms with Gasteiger partial charge in [-0.1, -0.05) is 53.7 Å². The van der Waals surface area contributed by atoms with Crippen molar-refractivity contribution < 1.29 is 13.2 Å². The number of piperidine rings is 1. The minimum Gasteiger partial charge on any atom is -0.497 e. The molecule has 0 amide bonds. The quantitative estimate of drug-likeness (QED) is 0.294. The summed E-state index contributed by atoms with van der Waals surface area (Å²) in [4.78, 5) is 7.69. The fourth-order valence-electron chi connectivity index (χ4n) is 5.05. The van der Waals surface area contributed by atoms with E-state index in [4.69, 9.17) is 9.72 Å². The Balaban J connectivity index is 1.56. The molecule has 0 spiro atoms. The van der Waals surface area contributed by atoms with Crippen molar-refractivity contribution in [2.45, 2.75) is 82.3 Å². The number of hydrogen-bond donors (Lipinski definition) is 0. The van der Waals surface area contributed by atoms with Crippen molar-refractivity contribution in [2.75, 3.05) is 25.1 Å². The smallest absolute Gasteiger partial charge is 0.185 e. The zero-order valence-corrected chi connectivity index (χ0v) is 24.7. The Kier molecular flexibility index (Phi) is 8.34. The Morgan fingerprint density at radius 3 is 1.97 bits per heavy atom.